The Balaban J connectivity index is 2.31. The Bertz CT molecular complexity index is 373. The summed E-state index contributed by atoms with van der Waals surface area (Å²) in [5.74, 6) is -0.388. The van der Waals surface area contributed by atoms with Crippen molar-refractivity contribution >= 4 is 11.6 Å². The summed E-state index contributed by atoms with van der Waals surface area (Å²) in [6.45, 7) is 2.50. The van der Waals surface area contributed by atoms with Crippen LogP contribution in [0.15, 0.2) is 18.2 Å². The van der Waals surface area contributed by atoms with E-state index in [1.807, 2.05) is 0 Å². The molecule has 0 aliphatic heterocycles. The predicted molar refractivity (Wildman–Crippen MR) is 71.9 cm³/mol. The van der Waals surface area contributed by atoms with Crippen molar-refractivity contribution in [2.75, 3.05) is 11.9 Å². The van der Waals surface area contributed by atoms with Crippen LogP contribution in [-0.4, -0.2) is 12.5 Å². The number of unbranched alkanes of at least 4 members (excludes halogenated alkanes) is 3. The van der Waals surface area contributed by atoms with Gasteiger partial charge in [0.05, 0.1) is 0 Å². The van der Waals surface area contributed by atoms with Gasteiger partial charge in [-0.2, -0.15) is 0 Å². The lowest BCUT2D eigenvalue weighted by molar-refractivity contribution is -0.116. The van der Waals surface area contributed by atoms with Gasteiger partial charge in [0.25, 0.3) is 0 Å². The lowest BCUT2D eigenvalue weighted by Crippen LogP contribution is -2.11. The fourth-order valence-electron chi connectivity index (χ4n) is 1.82. The number of anilines is 1. The molecular weight excluding hydrogens is 231 g/mol. The molecule has 0 saturated carbocycles. The van der Waals surface area contributed by atoms with E-state index in [2.05, 4.69) is 5.32 Å². The highest BCUT2D eigenvalue weighted by Gasteiger charge is 2.04. The molecule has 0 bridgehead atoms. The van der Waals surface area contributed by atoms with Gasteiger partial charge in [0.1, 0.15) is 5.82 Å². The average Bonchev–Trinajstić information content (AvgIpc) is 2.27. The molecule has 4 heteroatoms. The first-order valence-corrected chi connectivity index (χ1v) is 6.39. The van der Waals surface area contributed by atoms with Gasteiger partial charge in [-0.15, -0.1) is 0 Å². The van der Waals surface area contributed by atoms with Crippen LogP contribution >= 0.6 is 0 Å². The fourth-order valence-corrected chi connectivity index (χ4v) is 1.82. The number of halogens is 1. The summed E-state index contributed by atoms with van der Waals surface area (Å²) >= 11 is 0. The summed E-state index contributed by atoms with van der Waals surface area (Å²) in [5.41, 5.74) is 6.71. The molecule has 0 heterocycles. The molecule has 0 aliphatic carbocycles. The summed E-state index contributed by atoms with van der Waals surface area (Å²) in [7, 11) is 0. The zero-order valence-electron chi connectivity index (χ0n) is 10.8. The van der Waals surface area contributed by atoms with Crippen LogP contribution in [-0.2, 0) is 4.79 Å². The number of carbonyl (C=O) groups is 1. The topological polar surface area (TPSA) is 55.1 Å². The minimum absolute atomic E-state index is 0.0623. The molecule has 18 heavy (non-hydrogen) atoms. The van der Waals surface area contributed by atoms with Gasteiger partial charge in [-0.1, -0.05) is 12.8 Å². The molecule has 0 aromatic heterocycles. The van der Waals surface area contributed by atoms with Crippen LogP contribution in [0.2, 0.25) is 0 Å². The van der Waals surface area contributed by atoms with Crippen molar-refractivity contribution in [2.24, 2.45) is 5.73 Å². The van der Waals surface area contributed by atoms with Crippen molar-refractivity contribution in [3.05, 3.63) is 29.6 Å². The highest BCUT2D eigenvalue weighted by molar-refractivity contribution is 5.90. The third kappa shape index (κ3) is 5.77. The maximum Gasteiger partial charge on any atom is 0.224 e. The normalized spacial score (nSPS) is 10.4. The van der Waals surface area contributed by atoms with Crippen LogP contribution in [0.4, 0.5) is 10.1 Å². The Morgan fingerprint density at radius 1 is 1.22 bits per heavy atom. The van der Waals surface area contributed by atoms with Crippen LogP contribution in [0.3, 0.4) is 0 Å². The summed E-state index contributed by atoms with van der Waals surface area (Å²) < 4.78 is 13.1. The van der Waals surface area contributed by atoms with E-state index in [4.69, 9.17) is 5.73 Å². The largest absolute Gasteiger partial charge is 0.330 e. The predicted octanol–water partition coefficient (Wildman–Crippen LogP) is 2.98. The highest BCUT2D eigenvalue weighted by Crippen LogP contribution is 2.14. The van der Waals surface area contributed by atoms with E-state index in [1.165, 1.54) is 12.1 Å². The fraction of sp³-hybridized carbons (Fsp3) is 0.500. The third-order valence-electron chi connectivity index (χ3n) is 2.68. The molecular formula is C14H21FN2O. The van der Waals surface area contributed by atoms with Crippen LogP contribution in [0.25, 0.3) is 0 Å². The lowest BCUT2D eigenvalue weighted by atomic mass is 10.1. The first-order chi connectivity index (χ1) is 8.61. The number of nitrogens with one attached hydrogen (secondary N) is 1. The second-order valence-corrected chi connectivity index (χ2v) is 4.52. The van der Waals surface area contributed by atoms with Gasteiger partial charge < -0.3 is 11.1 Å². The van der Waals surface area contributed by atoms with Crippen molar-refractivity contribution in [3.8, 4) is 0 Å². The molecule has 100 valence electrons. The third-order valence-corrected chi connectivity index (χ3v) is 2.68. The minimum atomic E-state index is -0.326. The van der Waals surface area contributed by atoms with E-state index >= 15 is 0 Å². The van der Waals surface area contributed by atoms with Crippen molar-refractivity contribution in [1.82, 2.24) is 0 Å². The number of rotatable bonds is 7. The Morgan fingerprint density at radius 3 is 2.61 bits per heavy atom. The molecule has 1 aromatic rings. The molecule has 0 aliphatic rings. The van der Waals surface area contributed by atoms with E-state index in [0.717, 1.165) is 31.2 Å². The van der Waals surface area contributed by atoms with Gasteiger partial charge in [0.15, 0.2) is 0 Å². The number of hydrogen-bond donors (Lipinski definition) is 2. The number of hydrogen-bond acceptors (Lipinski definition) is 2. The summed E-state index contributed by atoms with van der Waals surface area (Å²) in [6, 6.07) is 4.52. The first kappa shape index (κ1) is 14.6. The number of amides is 1. The Morgan fingerprint density at radius 2 is 1.94 bits per heavy atom. The van der Waals surface area contributed by atoms with E-state index in [-0.39, 0.29) is 11.7 Å². The summed E-state index contributed by atoms with van der Waals surface area (Å²) in [5, 5.41) is 2.71. The lowest BCUT2D eigenvalue weighted by Gasteiger charge is -2.06. The number of carbonyl (C=O) groups excluding carboxylic acids is 1. The molecule has 1 rings (SSSR count). The van der Waals surface area contributed by atoms with E-state index in [0.29, 0.717) is 18.7 Å². The smallest absolute Gasteiger partial charge is 0.224 e. The molecule has 1 aromatic carbocycles. The zero-order chi connectivity index (χ0) is 13.4. The van der Waals surface area contributed by atoms with Crippen molar-refractivity contribution in [3.63, 3.8) is 0 Å². The molecule has 3 nitrogen and oxygen atoms in total. The standard InChI is InChI=1S/C14H21FN2O/c1-11-8-12(15)10-13(9-11)17-14(18)6-4-2-3-5-7-16/h8-10H,2-7,16H2,1H3,(H,17,18). The summed E-state index contributed by atoms with van der Waals surface area (Å²) in [6.07, 6.45) is 4.39. The highest BCUT2D eigenvalue weighted by atomic mass is 19.1. The molecule has 3 N–H and O–H groups in total. The zero-order valence-corrected chi connectivity index (χ0v) is 10.8. The van der Waals surface area contributed by atoms with Crippen molar-refractivity contribution in [2.45, 2.75) is 39.0 Å². The first-order valence-electron chi connectivity index (χ1n) is 6.39. The van der Waals surface area contributed by atoms with E-state index in [1.54, 1.807) is 13.0 Å². The molecule has 0 radical (unpaired) electrons. The minimum Gasteiger partial charge on any atom is -0.330 e. The average molecular weight is 252 g/mol. The maximum absolute atomic E-state index is 13.1. The van der Waals surface area contributed by atoms with E-state index < -0.39 is 0 Å². The SMILES string of the molecule is Cc1cc(F)cc(NC(=O)CCCCCCN)c1. The quantitative estimate of drug-likeness (QED) is 0.733. The second kappa shape index (κ2) is 7.82. The number of benzene rings is 1. The van der Waals surface area contributed by atoms with Gasteiger partial charge in [-0.25, -0.2) is 4.39 Å². The molecule has 0 fully saturated rings. The van der Waals surface area contributed by atoms with Gasteiger partial charge in [-0.3, -0.25) is 4.79 Å². The van der Waals surface area contributed by atoms with Gasteiger partial charge in [0.2, 0.25) is 5.91 Å². The monoisotopic (exact) mass is 252 g/mol. The second-order valence-electron chi connectivity index (χ2n) is 4.52. The molecule has 0 spiro atoms. The van der Waals surface area contributed by atoms with Crippen LogP contribution < -0.4 is 11.1 Å². The van der Waals surface area contributed by atoms with Crippen LogP contribution in [0.1, 0.15) is 37.7 Å². The number of nitrogens with two attached hydrogens (primary N) is 1. The Labute approximate surface area is 108 Å². The van der Waals surface area contributed by atoms with E-state index in [9.17, 15) is 9.18 Å². The van der Waals surface area contributed by atoms with Crippen molar-refractivity contribution < 1.29 is 9.18 Å². The molecule has 0 atom stereocenters. The molecule has 0 saturated heterocycles. The van der Waals surface area contributed by atoms with Crippen LogP contribution in [0.5, 0.6) is 0 Å². The molecule has 1 amide bonds. The van der Waals surface area contributed by atoms with Gasteiger partial charge >= 0.3 is 0 Å². The van der Waals surface area contributed by atoms with Gasteiger partial charge in [-0.05, 0) is 50.1 Å². The van der Waals surface area contributed by atoms with Gasteiger partial charge in [0, 0.05) is 12.1 Å². The Hall–Kier alpha value is -1.42. The number of aryl methyl sites for hydroxylation is 1. The summed E-state index contributed by atoms with van der Waals surface area (Å²) in [4.78, 5) is 11.6. The molecule has 0 unspecified atom stereocenters. The van der Waals surface area contributed by atoms with Crippen molar-refractivity contribution in [1.29, 1.82) is 0 Å². The maximum atomic E-state index is 13.1. The van der Waals surface area contributed by atoms with Crippen LogP contribution in [0, 0.1) is 12.7 Å². The Kier molecular flexibility index (Phi) is 6.36.